The Hall–Kier alpha value is -3.65. The summed E-state index contributed by atoms with van der Waals surface area (Å²) in [4.78, 5) is 51.8. The molecule has 2 aliphatic rings. The molecule has 1 fully saturated rings. The highest BCUT2D eigenvalue weighted by molar-refractivity contribution is 8.00. The summed E-state index contributed by atoms with van der Waals surface area (Å²) in [5, 5.41) is 17.4. The van der Waals surface area contributed by atoms with Crippen LogP contribution in [0.15, 0.2) is 46.5 Å². The van der Waals surface area contributed by atoms with Crippen LogP contribution in [0.5, 0.6) is 0 Å². The number of pyridine rings is 1. The summed E-state index contributed by atoms with van der Waals surface area (Å²) in [6, 6.07) is 2.55. The van der Waals surface area contributed by atoms with E-state index < -0.39 is 29.2 Å². The number of nitrogen functional groups attached to an aromatic ring is 1. The maximum atomic E-state index is 12.9. The highest BCUT2D eigenvalue weighted by Crippen LogP contribution is 2.40. The fourth-order valence-corrected chi connectivity index (χ4v) is 5.12. The number of ether oxygens (including phenoxy) is 1. The van der Waals surface area contributed by atoms with E-state index in [9.17, 15) is 19.5 Å². The number of carboxylic acid groups (broad SMARTS) is 1. The van der Waals surface area contributed by atoms with Crippen LogP contribution in [-0.2, 0) is 30.6 Å². The fourth-order valence-electron chi connectivity index (χ4n) is 3.29. The molecule has 1 saturated heterocycles. The topological polar surface area (TPSA) is 169 Å². The van der Waals surface area contributed by atoms with Gasteiger partial charge in [0.15, 0.2) is 16.5 Å². The maximum Gasteiger partial charge on any atom is 0.356 e. The molecular weight excluding hydrogens is 484 g/mol. The first-order valence-corrected chi connectivity index (χ1v) is 12.0. The first kappa shape index (κ1) is 23.5. The first-order valence-electron chi connectivity index (χ1n) is 10.1. The molecule has 2 aliphatic heterocycles. The van der Waals surface area contributed by atoms with Gasteiger partial charge >= 0.3 is 5.97 Å². The zero-order chi connectivity index (χ0) is 24.2. The van der Waals surface area contributed by atoms with Gasteiger partial charge in [0.2, 0.25) is 0 Å². The molecule has 14 heteroatoms. The van der Waals surface area contributed by atoms with E-state index in [0.29, 0.717) is 0 Å². The van der Waals surface area contributed by atoms with E-state index in [1.165, 1.54) is 11.8 Å². The largest absolute Gasteiger partial charge is 0.490 e. The summed E-state index contributed by atoms with van der Waals surface area (Å²) in [6.07, 6.45) is 3.21. The number of oxime groups is 1. The van der Waals surface area contributed by atoms with Gasteiger partial charge < -0.3 is 25.7 Å². The zero-order valence-electron chi connectivity index (χ0n) is 17.8. The quantitative estimate of drug-likeness (QED) is 0.252. The molecule has 2 aromatic heterocycles. The first-order chi connectivity index (χ1) is 16.4. The number of aromatic nitrogens is 2. The number of thiazole rings is 1. The van der Waals surface area contributed by atoms with Crippen LogP contribution in [0.3, 0.4) is 0 Å². The van der Waals surface area contributed by atoms with Crippen molar-refractivity contribution in [3.63, 3.8) is 0 Å². The van der Waals surface area contributed by atoms with Gasteiger partial charge in [0.05, 0.1) is 5.75 Å². The molecule has 4 heterocycles. The van der Waals surface area contributed by atoms with E-state index in [1.54, 1.807) is 36.8 Å². The number of carbonyl (C=O) groups excluding carboxylic acids is 2. The van der Waals surface area contributed by atoms with Crippen molar-refractivity contribution in [3.05, 3.63) is 52.6 Å². The smallest absolute Gasteiger partial charge is 0.356 e. The Morgan fingerprint density at radius 2 is 2.15 bits per heavy atom. The number of nitrogens with one attached hydrogen (secondary N) is 1. The van der Waals surface area contributed by atoms with Crippen LogP contribution in [0.4, 0.5) is 5.13 Å². The molecule has 4 N–H and O–H groups in total. The van der Waals surface area contributed by atoms with E-state index in [2.05, 4.69) is 20.4 Å². The second-order valence-corrected chi connectivity index (χ2v) is 9.01. The van der Waals surface area contributed by atoms with Crippen molar-refractivity contribution in [2.75, 3.05) is 18.1 Å². The zero-order valence-corrected chi connectivity index (χ0v) is 19.5. The minimum absolute atomic E-state index is 0.128. The molecule has 0 saturated carbocycles. The van der Waals surface area contributed by atoms with Gasteiger partial charge in [-0.3, -0.25) is 19.5 Å². The maximum absolute atomic E-state index is 12.9. The van der Waals surface area contributed by atoms with E-state index in [4.69, 9.17) is 15.3 Å². The lowest BCUT2D eigenvalue weighted by molar-refractivity contribution is -0.150. The second-order valence-electron chi connectivity index (χ2n) is 7.01. The van der Waals surface area contributed by atoms with Crippen molar-refractivity contribution in [1.82, 2.24) is 20.2 Å². The van der Waals surface area contributed by atoms with Gasteiger partial charge in [0.25, 0.3) is 11.8 Å². The number of fused-ring (bicyclic) bond motifs is 1. The predicted molar refractivity (Wildman–Crippen MR) is 123 cm³/mol. The van der Waals surface area contributed by atoms with Crippen molar-refractivity contribution < 1.29 is 29.1 Å². The van der Waals surface area contributed by atoms with Crippen LogP contribution >= 0.6 is 23.1 Å². The molecule has 0 aromatic carbocycles. The number of anilines is 1. The molecule has 0 spiro atoms. The lowest BCUT2D eigenvalue weighted by atomic mass is 10.0. The van der Waals surface area contributed by atoms with Crippen molar-refractivity contribution in [2.24, 2.45) is 5.16 Å². The van der Waals surface area contributed by atoms with E-state index in [-0.39, 0.29) is 47.0 Å². The summed E-state index contributed by atoms with van der Waals surface area (Å²) >= 11 is 2.42. The van der Waals surface area contributed by atoms with Gasteiger partial charge in [-0.2, -0.15) is 0 Å². The van der Waals surface area contributed by atoms with Gasteiger partial charge in [0.1, 0.15) is 36.1 Å². The Bertz CT molecular complexity index is 1170. The highest BCUT2D eigenvalue weighted by Gasteiger charge is 2.55. The summed E-state index contributed by atoms with van der Waals surface area (Å²) in [6.45, 7) is 2.06. The minimum Gasteiger partial charge on any atom is -0.490 e. The van der Waals surface area contributed by atoms with Crippen molar-refractivity contribution in [3.8, 4) is 0 Å². The number of thioether (sulfide) groups is 1. The third-order valence-corrected chi connectivity index (χ3v) is 6.78. The highest BCUT2D eigenvalue weighted by atomic mass is 32.2. The van der Waals surface area contributed by atoms with Crippen LogP contribution in [0, 0.1) is 0 Å². The van der Waals surface area contributed by atoms with Crippen molar-refractivity contribution in [2.45, 2.75) is 24.9 Å². The van der Waals surface area contributed by atoms with Crippen LogP contribution < -0.4 is 11.1 Å². The molecule has 4 rings (SSSR count). The molecule has 2 aromatic rings. The number of rotatable bonds is 9. The molecule has 0 bridgehead atoms. The number of hydrogen-bond donors (Lipinski definition) is 3. The Morgan fingerprint density at radius 1 is 1.38 bits per heavy atom. The third kappa shape index (κ3) is 4.68. The van der Waals surface area contributed by atoms with Gasteiger partial charge in [-0.15, -0.1) is 23.1 Å². The average molecular weight is 505 g/mol. The number of nitrogens with two attached hydrogens (primary N) is 1. The summed E-state index contributed by atoms with van der Waals surface area (Å²) in [5.41, 5.74) is 6.31. The van der Waals surface area contributed by atoms with E-state index >= 15 is 0 Å². The van der Waals surface area contributed by atoms with Crippen molar-refractivity contribution >= 4 is 51.7 Å². The van der Waals surface area contributed by atoms with Gasteiger partial charge in [0, 0.05) is 17.8 Å². The molecule has 34 heavy (non-hydrogen) atoms. The average Bonchev–Trinajstić information content (AvgIpc) is 3.27. The van der Waals surface area contributed by atoms with Crippen LogP contribution in [-0.4, -0.2) is 67.2 Å². The summed E-state index contributed by atoms with van der Waals surface area (Å²) < 4.78 is 5.72. The SMILES string of the molecule is CCON=C(C(=O)N[C@@H]1C(=O)N2C(C(=O)O)=C(OCc3ccncc3)CS[C@@H]12)c1csc(N)n1. The molecule has 0 radical (unpaired) electrons. The minimum atomic E-state index is -1.29. The monoisotopic (exact) mass is 504 g/mol. The predicted octanol–water partition coefficient (Wildman–Crippen LogP) is 0.774. The molecule has 0 unspecified atom stereocenters. The van der Waals surface area contributed by atoms with Crippen LogP contribution in [0.25, 0.3) is 0 Å². The Morgan fingerprint density at radius 3 is 2.79 bits per heavy atom. The molecule has 178 valence electrons. The molecule has 12 nitrogen and oxygen atoms in total. The van der Waals surface area contributed by atoms with E-state index in [0.717, 1.165) is 21.8 Å². The number of amides is 2. The second kappa shape index (κ2) is 10.1. The molecular formula is C20H20N6O6S2. The van der Waals surface area contributed by atoms with Gasteiger partial charge in [-0.25, -0.2) is 9.78 Å². The number of hydrogen-bond acceptors (Lipinski definition) is 11. The lowest BCUT2D eigenvalue weighted by Gasteiger charge is -2.48. The molecule has 0 aliphatic carbocycles. The lowest BCUT2D eigenvalue weighted by Crippen LogP contribution is -2.71. The van der Waals surface area contributed by atoms with Gasteiger partial charge in [-0.1, -0.05) is 5.16 Å². The number of aliphatic carboxylic acids is 1. The van der Waals surface area contributed by atoms with Crippen molar-refractivity contribution in [1.29, 1.82) is 0 Å². The summed E-state index contributed by atoms with van der Waals surface area (Å²) in [5.74, 6) is -2.14. The van der Waals surface area contributed by atoms with Crippen LogP contribution in [0.2, 0.25) is 0 Å². The summed E-state index contributed by atoms with van der Waals surface area (Å²) in [7, 11) is 0. The Balaban J connectivity index is 1.49. The van der Waals surface area contributed by atoms with Crippen LogP contribution in [0.1, 0.15) is 18.2 Å². The molecule has 2 atom stereocenters. The van der Waals surface area contributed by atoms with Gasteiger partial charge in [-0.05, 0) is 24.6 Å². The Labute approximate surface area is 201 Å². The normalized spacial score (nSPS) is 19.9. The number of nitrogens with zero attached hydrogens (tertiary/aromatic N) is 4. The number of carbonyl (C=O) groups is 3. The standard InChI is InChI=1S/C20H20N6O6S2/c1-2-32-25-13(11-8-34-20(21)23-11)16(27)24-14-17(28)26-15(19(29)30)12(9-33-18(14)26)31-7-10-3-5-22-6-4-10/h3-6,8,14,18H,2,7,9H2,1H3,(H2,21,23)(H,24,27)(H,29,30)/t14-,18+/m1/s1. The number of carboxylic acids is 1. The fraction of sp³-hybridized carbons (Fsp3) is 0.300. The number of β-lactam (4-membered cyclic amide) rings is 1. The van der Waals surface area contributed by atoms with E-state index in [1.807, 2.05) is 0 Å². The molecule has 2 amide bonds. The third-order valence-electron chi connectivity index (χ3n) is 4.85. The Kier molecular flexibility index (Phi) is 6.98.